The third-order valence-corrected chi connectivity index (χ3v) is 4.01. The molecule has 0 aromatic carbocycles. The number of carbonyl (C=O) groups excluding carboxylic acids is 3. The summed E-state index contributed by atoms with van der Waals surface area (Å²) in [4.78, 5) is 39.5. The van der Waals surface area contributed by atoms with Crippen molar-refractivity contribution in [2.75, 3.05) is 32.8 Å². The lowest BCUT2D eigenvalue weighted by atomic mass is 9.97. The molecule has 1 fully saturated rings. The number of carbonyl (C=O) groups is 3. The first-order valence-corrected chi connectivity index (χ1v) is 9.10. The Kier molecular flexibility index (Phi) is 8.11. The van der Waals surface area contributed by atoms with Gasteiger partial charge in [0.15, 0.2) is 6.61 Å². The Labute approximate surface area is 156 Å². The highest BCUT2D eigenvalue weighted by Gasteiger charge is 2.31. The zero-order chi connectivity index (χ0) is 19.9. The molecule has 7 nitrogen and oxygen atoms in total. The van der Waals surface area contributed by atoms with E-state index in [0.717, 1.165) is 5.57 Å². The van der Waals surface area contributed by atoms with Crippen molar-refractivity contribution in [3.05, 3.63) is 12.2 Å². The normalized spacial score (nSPS) is 15.3. The first-order valence-electron chi connectivity index (χ1n) is 9.10. The van der Waals surface area contributed by atoms with E-state index in [1.54, 1.807) is 9.80 Å². The predicted molar refractivity (Wildman–Crippen MR) is 98.6 cm³/mol. The van der Waals surface area contributed by atoms with Crippen LogP contribution in [0.3, 0.4) is 0 Å². The van der Waals surface area contributed by atoms with Crippen LogP contribution in [0, 0.1) is 5.92 Å². The minimum absolute atomic E-state index is 0.227. The van der Waals surface area contributed by atoms with Gasteiger partial charge in [0.25, 0.3) is 5.91 Å². The number of likely N-dealkylation sites (N-methyl/N-ethyl adjacent to an activating group) is 1. The van der Waals surface area contributed by atoms with Crippen molar-refractivity contribution in [1.29, 1.82) is 0 Å². The Morgan fingerprint density at radius 1 is 1.19 bits per heavy atom. The van der Waals surface area contributed by atoms with Crippen molar-refractivity contribution in [2.45, 2.75) is 53.1 Å². The molecular weight excluding hydrogens is 336 g/mol. The summed E-state index contributed by atoms with van der Waals surface area (Å²) in [5.41, 5.74) is 0.336. The van der Waals surface area contributed by atoms with Gasteiger partial charge in [-0.1, -0.05) is 12.2 Å². The second-order valence-corrected chi connectivity index (χ2v) is 7.71. The summed E-state index contributed by atoms with van der Waals surface area (Å²) in [6.07, 6.45) is 0.656. The molecule has 0 aromatic rings. The zero-order valence-electron chi connectivity index (χ0n) is 16.7. The lowest BCUT2D eigenvalue weighted by Gasteiger charge is -2.32. The quantitative estimate of drug-likeness (QED) is 0.532. The standard InChI is InChI=1S/C19H32N2O5/c1-7-20(12-14(2)3)16(22)13-25-17(23)15-8-10-21(11-9-15)18(24)26-19(4,5)6/h15H,2,7-13H2,1,3-6H3. The van der Waals surface area contributed by atoms with Crippen LogP contribution in [0.5, 0.6) is 0 Å². The van der Waals surface area contributed by atoms with Gasteiger partial charge < -0.3 is 19.3 Å². The van der Waals surface area contributed by atoms with Crippen molar-refractivity contribution < 1.29 is 23.9 Å². The van der Waals surface area contributed by atoms with Crippen molar-refractivity contribution in [2.24, 2.45) is 5.92 Å². The average Bonchev–Trinajstić information content (AvgIpc) is 2.55. The van der Waals surface area contributed by atoms with E-state index in [9.17, 15) is 14.4 Å². The number of ether oxygens (including phenoxy) is 2. The smallest absolute Gasteiger partial charge is 0.410 e. The topological polar surface area (TPSA) is 76.2 Å². The largest absolute Gasteiger partial charge is 0.455 e. The minimum atomic E-state index is -0.540. The van der Waals surface area contributed by atoms with E-state index in [4.69, 9.17) is 9.47 Å². The highest BCUT2D eigenvalue weighted by atomic mass is 16.6. The van der Waals surface area contributed by atoms with E-state index in [0.29, 0.717) is 39.0 Å². The molecule has 0 spiro atoms. The van der Waals surface area contributed by atoms with Gasteiger partial charge >= 0.3 is 12.1 Å². The number of nitrogens with zero attached hydrogens (tertiary/aromatic N) is 2. The van der Waals surface area contributed by atoms with Crippen LogP contribution in [0.4, 0.5) is 4.79 Å². The second-order valence-electron chi connectivity index (χ2n) is 7.71. The summed E-state index contributed by atoms with van der Waals surface area (Å²) in [5.74, 6) is -0.902. The molecule has 0 aromatic heterocycles. The maximum absolute atomic E-state index is 12.2. The zero-order valence-corrected chi connectivity index (χ0v) is 16.7. The summed E-state index contributed by atoms with van der Waals surface area (Å²) in [5, 5.41) is 0. The molecule has 0 bridgehead atoms. The molecule has 1 rings (SSSR count). The fraction of sp³-hybridized carbons (Fsp3) is 0.737. The molecule has 0 radical (unpaired) electrons. The van der Waals surface area contributed by atoms with Gasteiger partial charge in [-0.05, 0) is 47.5 Å². The van der Waals surface area contributed by atoms with Crippen LogP contribution < -0.4 is 0 Å². The molecule has 0 N–H and O–H groups in total. The van der Waals surface area contributed by atoms with Gasteiger partial charge in [-0.25, -0.2) is 4.79 Å². The summed E-state index contributed by atoms with van der Waals surface area (Å²) in [6, 6.07) is 0. The first-order chi connectivity index (χ1) is 12.0. The third-order valence-electron chi connectivity index (χ3n) is 4.01. The first kappa shape index (κ1) is 22.0. The summed E-state index contributed by atoms with van der Waals surface area (Å²) < 4.78 is 10.5. The van der Waals surface area contributed by atoms with Crippen LogP contribution in [0.25, 0.3) is 0 Å². The predicted octanol–water partition coefficient (Wildman–Crippen LogP) is 2.60. The molecule has 1 heterocycles. The van der Waals surface area contributed by atoms with Crippen molar-refractivity contribution in [3.8, 4) is 0 Å². The second kappa shape index (κ2) is 9.59. The summed E-state index contributed by atoms with van der Waals surface area (Å²) in [7, 11) is 0. The SMILES string of the molecule is C=C(C)CN(CC)C(=O)COC(=O)C1CCN(C(=O)OC(C)(C)C)CC1. The molecule has 0 atom stereocenters. The average molecular weight is 368 g/mol. The fourth-order valence-corrected chi connectivity index (χ4v) is 2.67. The Morgan fingerprint density at radius 2 is 1.77 bits per heavy atom. The number of piperidine rings is 1. The van der Waals surface area contributed by atoms with Gasteiger partial charge in [0, 0.05) is 26.2 Å². The van der Waals surface area contributed by atoms with E-state index < -0.39 is 5.60 Å². The van der Waals surface area contributed by atoms with E-state index in [1.165, 1.54) is 0 Å². The van der Waals surface area contributed by atoms with Gasteiger partial charge in [-0.2, -0.15) is 0 Å². The van der Waals surface area contributed by atoms with Gasteiger partial charge in [0.05, 0.1) is 5.92 Å². The molecular formula is C19H32N2O5. The van der Waals surface area contributed by atoms with Crippen LogP contribution in [-0.2, 0) is 19.1 Å². The maximum Gasteiger partial charge on any atom is 0.410 e. The number of amides is 2. The molecule has 2 amide bonds. The highest BCUT2D eigenvalue weighted by Crippen LogP contribution is 2.20. The van der Waals surface area contributed by atoms with E-state index in [2.05, 4.69) is 6.58 Å². The molecule has 26 heavy (non-hydrogen) atoms. The Bertz CT molecular complexity index is 531. The van der Waals surface area contributed by atoms with Crippen LogP contribution in [0.15, 0.2) is 12.2 Å². The third kappa shape index (κ3) is 7.45. The molecule has 148 valence electrons. The van der Waals surface area contributed by atoms with Crippen molar-refractivity contribution in [1.82, 2.24) is 9.80 Å². The number of rotatable bonds is 6. The van der Waals surface area contributed by atoms with Crippen molar-refractivity contribution in [3.63, 3.8) is 0 Å². The van der Waals surface area contributed by atoms with Crippen LogP contribution in [0.2, 0.25) is 0 Å². The van der Waals surface area contributed by atoms with Gasteiger partial charge in [0.2, 0.25) is 0 Å². The van der Waals surface area contributed by atoms with E-state index >= 15 is 0 Å². The number of hydrogen-bond donors (Lipinski definition) is 0. The van der Waals surface area contributed by atoms with E-state index in [1.807, 2.05) is 34.6 Å². The van der Waals surface area contributed by atoms with Gasteiger partial charge in [-0.3, -0.25) is 9.59 Å². The number of likely N-dealkylation sites (tertiary alicyclic amines) is 1. The molecule has 0 unspecified atom stereocenters. The number of hydrogen-bond acceptors (Lipinski definition) is 5. The Hall–Kier alpha value is -2.05. The van der Waals surface area contributed by atoms with Crippen LogP contribution >= 0.6 is 0 Å². The van der Waals surface area contributed by atoms with Crippen LogP contribution in [0.1, 0.15) is 47.5 Å². The Morgan fingerprint density at radius 3 is 2.23 bits per heavy atom. The molecule has 0 aliphatic carbocycles. The molecule has 0 saturated carbocycles. The van der Waals surface area contributed by atoms with E-state index in [-0.39, 0.29) is 30.5 Å². The van der Waals surface area contributed by atoms with Crippen LogP contribution in [-0.4, -0.2) is 66.2 Å². The summed E-state index contributed by atoms with van der Waals surface area (Å²) >= 11 is 0. The summed E-state index contributed by atoms with van der Waals surface area (Å²) in [6.45, 7) is 14.6. The molecule has 1 aliphatic rings. The van der Waals surface area contributed by atoms with Crippen molar-refractivity contribution >= 4 is 18.0 Å². The Balaban J connectivity index is 2.41. The number of esters is 1. The molecule has 7 heteroatoms. The maximum atomic E-state index is 12.2. The van der Waals surface area contributed by atoms with Gasteiger partial charge in [0.1, 0.15) is 5.60 Å². The molecule has 1 saturated heterocycles. The minimum Gasteiger partial charge on any atom is -0.455 e. The lowest BCUT2D eigenvalue weighted by molar-refractivity contribution is -0.156. The lowest BCUT2D eigenvalue weighted by Crippen LogP contribution is -2.43. The highest BCUT2D eigenvalue weighted by molar-refractivity contribution is 5.81. The van der Waals surface area contributed by atoms with Gasteiger partial charge in [-0.15, -0.1) is 0 Å². The molecule has 1 aliphatic heterocycles. The fourth-order valence-electron chi connectivity index (χ4n) is 2.67. The monoisotopic (exact) mass is 368 g/mol.